The van der Waals surface area contributed by atoms with Crippen LogP contribution in [-0.4, -0.2) is 66.5 Å². The second-order valence-corrected chi connectivity index (χ2v) is 5.69. The third-order valence-electron chi connectivity index (χ3n) is 3.55. The maximum atomic E-state index is 11.3. The maximum absolute atomic E-state index is 11.3. The molecule has 2 atom stereocenters. The van der Waals surface area contributed by atoms with E-state index in [2.05, 4.69) is 25.7 Å². The summed E-state index contributed by atoms with van der Waals surface area (Å²) < 4.78 is 4.72. The fourth-order valence-corrected chi connectivity index (χ4v) is 3.25. The molecule has 0 aliphatic carbocycles. The van der Waals surface area contributed by atoms with E-state index in [-0.39, 0.29) is 10.8 Å². The first-order valence-corrected chi connectivity index (χ1v) is 6.80. The van der Waals surface area contributed by atoms with E-state index in [9.17, 15) is 4.79 Å². The molecule has 0 spiro atoms. The average Bonchev–Trinajstić information content (AvgIpc) is 2.75. The van der Waals surface area contributed by atoms with Gasteiger partial charge in [0.05, 0.1) is 7.11 Å². The molecule has 2 aliphatic heterocycles. The largest absolute Gasteiger partial charge is 0.468 e. The van der Waals surface area contributed by atoms with E-state index < -0.39 is 0 Å². The Morgan fingerprint density at radius 3 is 3.06 bits per heavy atom. The maximum Gasteiger partial charge on any atom is 0.320 e. The van der Waals surface area contributed by atoms with Crippen LogP contribution in [0.25, 0.3) is 0 Å². The molecule has 92 valence electrons. The number of hydrogen-bond acceptors (Lipinski definition) is 4. The normalized spacial score (nSPS) is 28.8. The van der Waals surface area contributed by atoms with E-state index in [1.54, 1.807) is 0 Å². The zero-order chi connectivity index (χ0) is 11.5. The van der Waals surface area contributed by atoms with E-state index in [0.29, 0.717) is 6.04 Å². The number of rotatable bonds is 3. The summed E-state index contributed by atoms with van der Waals surface area (Å²) in [6.07, 6.45) is 2.63. The molecule has 2 fully saturated rings. The van der Waals surface area contributed by atoms with Gasteiger partial charge in [-0.2, -0.15) is 0 Å². The first kappa shape index (κ1) is 12.3. The standard InChI is InChI=1S/C11H19BrN2O2/c1-16-11(15)10(12)8-13-5-6-14-4-2-3-9(14)7-13/h9-10H,2-8H2,1H3. The SMILES string of the molecule is COC(=O)C(Br)CN1CCN2CCCC2C1. The molecule has 0 aromatic carbocycles. The van der Waals surface area contributed by atoms with Crippen molar-refractivity contribution in [3.05, 3.63) is 0 Å². The third-order valence-corrected chi connectivity index (χ3v) is 4.21. The molecule has 2 unspecified atom stereocenters. The zero-order valence-corrected chi connectivity index (χ0v) is 11.3. The van der Waals surface area contributed by atoms with Crippen molar-refractivity contribution in [2.75, 3.05) is 39.8 Å². The van der Waals surface area contributed by atoms with Crippen LogP contribution >= 0.6 is 15.9 Å². The number of piperazine rings is 1. The molecule has 0 aromatic rings. The molecular weight excluding hydrogens is 272 g/mol. The van der Waals surface area contributed by atoms with E-state index >= 15 is 0 Å². The lowest BCUT2D eigenvalue weighted by molar-refractivity contribution is -0.140. The van der Waals surface area contributed by atoms with Gasteiger partial charge in [-0.05, 0) is 19.4 Å². The van der Waals surface area contributed by atoms with Crippen LogP contribution in [0.4, 0.5) is 0 Å². The van der Waals surface area contributed by atoms with Crippen molar-refractivity contribution in [1.82, 2.24) is 9.80 Å². The lowest BCUT2D eigenvalue weighted by atomic mass is 10.1. The number of fused-ring (bicyclic) bond motifs is 1. The molecule has 0 radical (unpaired) electrons. The lowest BCUT2D eigenvalue weighted by Gasteiger charge is -2.37. The van der Waals surface area contributed by atoms with Crippen molar-refractivity contribution in [2.45, 2.75) is 23.7 Å². The summed E-state index contributed by atoms with van der Waals surface area (Å²) in [5.74, 6) is -0.172. The number of nitrogens with zero attached hydrogens (tertiary/aromatic N) is 2. The van der Waals surface area contributed by atoms with E-state index in [0.717, 1.165) is 26.2 Å². The van der Waals surface area contributed by atoms with Gasteiger partial charge in [0.2, 0.25) is 0 Å². The van der Waals surface area contributed by atoms with E-state index in [1.807, 2.05) is 0 Å². The molecule has 2 aliphatic rings. The third kappa shape index (κ3) is 2.76. The second-order valence-electron chi connectivity index (χ2n) is 4.58. The Bertz CT molecular complexity index is 262. The van der Waals surface area contributed by atoms with Gasteiger partial charge in [-0.1, -0.05) is 15.9 Å². The molecule has 0 amide bonds. The average molecular weight is 291 g/mol. The molecule has 2 rings (SSSR count). The van der Waals surface area contributed by atoms with Crippen LogP contribution in [0.3, 0.4) is 0 Å². The van der Waals surface area contributed by atoms with Crippen molar-refractivity contribution in [3.8, 4) is 0 Å². The van der Waals surface area contributed by atoms with Crippen LogP contribution < -0.4 is 0 Å². The van der Waals surface area contributed by atoms with Gasteiger partial charge < -0.3 is 4.74 Å². The van der Waals surface area contributed by atoms with Gasteiger partial charge in [0.15, 0.2) is 0 Å². The Labute approximate surface area is 105 Å². The van der Waals surface area contributed by atoms with Gasteiger partial charge >= 0.3 is 5.97 Å². The van der Waals surface area contributed by atoms with Crippen LogP contribution in [0.2, 0.25) is 0 Å². The summed E-state index contributed by atoms with van der Waals surface area (Å²) in [6, 6.07) is 0.714. The topological polar surface area (TPSA) is 32.8 Å². The van der Waals surface area contributed by atoms with Gasteiger partial charge in [-0.15, -0.1) is 0 Å². The minimum absolute atomic E-state index is 0.172. The minimum Gasteiger partial charge on any atom is -0.468 e. The smallest absolute Gasteiger partial charge is 0.320 e. The molecule has 0 saturated carbocycles. The summed E-state index contributed by atoms with van der Waals surface area (Å²) in [5.41, 5.74) is 0. The molecule has 0 bridgehead atoms. The van der Waals surface area contributed by atoms with E-state index in [4.69, 9.17) is 4.74 Å². The summed E-state index contributed by atoms with van der Waals surface area (Å²) in [5, 5.41) is 0. The van der Waals surface area contributed by atoms with Crippen LogP contribution in [-0.2, 0) is 9.53 Å². The quantitative estimate of drug-likeness (QED) is 0.566. The number of esters is 1. The van der Waals surface area contributed by atoms with Gasteiger partial charge in [-0.25, -0.2) is 0 Å². The number of carbonyl (C=O) groups excluding carboxylic acids is 1. The fourth-order valence-electron chi connectivity index (χ4n) is 2.65. The predicted molar refractivity (Wildman–Crippen MR) is 65.8 cm³/mol. The van der Waals surface area contributed by atoms with Crippen molar-refractivity contribution < 1.29 is 9.53 Å². The summed E-state index contributed by atoms with van der Waals surface area (Å²) in [4.78, 5) is 16.0. The molecule has 0 aromatic heterocycles. The number of alkyl halides is 1. The first-order valence-electron chi connectivity index (χ1n) is 5.89. The number of carbonyl (C=O) groups is 1. The molecular formula is C11H19BrN2O2. The highest BCUT2D eigenvalue weighted by Crippen LogP contribution is 2.22. The summed E-state index contributed by atoms with van der Waals surface area (Å²) in [7, 11) is 1.44. The first-order chi connectivity index (χ1) is 7.70. The number of ether oxygens (including phenoxy) is 1. The number of halogens is 1. The van der Waals surface area contributed by atoms with Gasteiger partial charge in [0, 0.05) is 32.2 Å². The lowest BCUT2D eigenvalue weighted by Crippen LogP contribution is -2.51. The van der Waals surface area contributed by atoms with Crippen LogP contribution in [0.15, 0.2) is 0 Å². The van der Waals surface area contributed by atoms with Crippen molar-refractivity contribution in [2.24, 2.45) is 0 Å². The summed E-state index contributed by atoms with van der Waals surface area (Å²) in [6.45, 7) is 5.32. The fraction of sp³-hybridized carbons (Fsp3) is 0.909. The van der Waals surface area contributed by atoms with Gasteiger partial charge in [-0.3, -0.25) is 14.6 Å². The molecule has 4 nitrogen and oxygen atoms in total. The molecule has 2 heterocycles. The molecule has 2 saturated heterocycles. The molecule has 5 heteroatoms. The van der Waals surface area contributed by atoms with Crippen molar-refractivity contribution >= 4 is 21.9 Å². The Morgan fingerprint density at radius 1 is 1.50 bits per heavy atom. The van der Waals surface area contributed by atoms with Crippen LogP contribution in [0.5, 0.6) is 0 Å². The highest BCUT2D eigenvalue weighted by Gasteiger charge is 2.31. The van der Waals surface area contributed by atoms with Crippen molar-refractivity contribution in [3.63, 3.8) is 0 Å². The Morgan fingerprint density at radius 2 is 2.31 bits per heavy atom. The Balaban J connectivity index is 1.80. The zero-order valence-electron chi connectivity index (χ0n) is 9.69. The second kappa shape index (κ2) is 5.47. The highest BCUT2D eigenvalue weighted by atomic mass is 79.9. The van der Waals surface area contributed by atoms with Crippen LogP contribution in [0.1, 0.15) is 12.8 Å². The highest BCUT2D eigenvalue weighted by molar-refractivity contribution is 9.10. The Kier molecular flexibility index (Phi) is 4.21. The number of hydrogen-bond donors (Lipinski definition) is 0. The monoisotopic (exact) mass is 290 g/mol. The minimum atomic E-state index is -0.189. The summed E-state index contributed by atoms with van der Waals surface area (Å²) >= 11 is 3.38. The number of methoxy groups -OCH3 is 1. The molecule has 16 heavy (non-hydrogen) atoms. The Hall–Kier alpha value is -0.130. The molecule has 0 N–H and O–H groups in total. The van der Waals surface area contributed by atoms with Gasteiger partial charge in [0.1, 0.15) is 4.83 Å². The van der Waals surface area contributed by atoms with E-state index in [1.165, 1.54) is 26.5 Å². The van der Waals surface area contributed by atoms with Crippen LogP contribution in [0, 0.1) is 0 Å². The van der Waals surface area contributed by atoms with Crippen molar-refractivity contribution in [1.29, 1.82) is 0 Å². The van der Waals surface area contributed by atoms with Gasteiger partial charge in [0.25, 0.3) is 0 Å². The predicted octanol–water partition coefficient (Wildman–Crippen LogP) is 0.703.